The fourth-order valence-corrected chi connectivity index (χ4v) is 2.83. The number of rotatable bonds is 3. The molecule has 1 aromatic heterocycles. The van der Waals surface area contributed by atoms with Crippen LogP contribution in [0.4, 0.5) is 5.82 Å². The van der Waals surface area contributed by atoms with E-state index in [0.29, 0.717) is 16.5 Å². The molecule has 1 aromatic rings. The van der Waals surface area contributed by atoms with Crippen LogP contribution in [-0.4, -0.2) is 24.0 Å². The average Bonchev–Trinajstić information content (AvgIpc) is 2.40. The van der Waals surface area contributed by atoms with Crippen LogP contribution in [0.1, 0.15) is 55.3 Å². The van der Waals surface area contributed by atoms with Crippen molar-refractivity contribution in [2.75, 3.05) is 12.4 Å². The number of carbonyl (C=O) groups excluding carboxylic acids is 1. The molecule has 0 aliphatic heterocycles. The summed E-state index contributed by atoms with van der Waals surface area (Å²) in [5, 5.41) is 6.37. The van der Waals surface area contributed by atoms with Gasteiger partial charge in [0.1, 0.15) is 11.0 Å². The molecule has 0 aromatic carbocycles. The lowest BCUT2D eigenvalue weighted by Gasteiger charge is -2.21. The van der Waals surface area contributed by atoms with Crippen LogP contribution < -0.4 is 10.6 Å². The van der Waals surface area contributed by atoms with Gasteiger partial charge in [-0.1, -0.05) is 43.7 Å². The van der Waals surface area contributed by atoms with E-state index in [-0.39, 0.29) is 11.9 Å². The Morgan fingerprint density at radius 3 is 2.50 bits per heavy atom. The standard InChI is InChI=1S/C15H22ClN3O/c1-17-14-10-11(9-13(16)19-14)15(20)18-12-7-5-3-2-4-6-8-12/h9-10,12H,2-8H2,1H3,(H,17,19)(H,18,20). The highest BCUT2D eigenvalue weighted by molar-refractivity contribution is 6.29. The fourth-order valence-electron chi connectivity index (χ4n) is 2.63. The molecule has 0 atom stereocenters. The van der Waals surface area contributed by atoms with Gasteiger partial charge in [0, 0.05) is 18.7 Å². The lowest BCUT2D eigenvalue weighted by atomic mass is 9.96. The first-order valence-electron chi connectivity index (χ1n) is 7.35. The second kappa shape index (κ2) is 7.48. The third kappa shape index (κ3) is 4.37. The number of hydrogen-bond acceptors (Lipinski definition) is 3. The van der Waals surface area contributed by atoms with E-state index in [4.69, 9.17) is 11.6 Å². The minimum atomic E-state index is -0.0589. The molecule has 0 spiro atoms. The Morgan fingerprint density at radius 1 is 1.20 bits per heavy atom. The predicted molar refractivity (Wildman–Crippen MR) is 82.4 cm³/mol. The molecule has 110 valence electrons. The second-order valence-corrected chi connectivity index (χ2v) is 5.72. The minimum Gasteiger partial charge on any atom is -0.373 e. The van der Waals surface area contributed by atoms with Crippen LogP contribution in [0.3, 0.4) is 0 Å². The van der Waals surface area contributed by atoms with Gasteiger partial charge in [-0.3, -0.25) is 4.79 Å². The summed E-state index contributed by atoms with van der Waals surface area (Å²) in [7, 11) is 1.76. The first-order valence-corrected chi connectivity index (χ1v) is 7.73. The van der Waals surface area contributed by atoms with Crippen LogP contribution in [0, 0.1) is 0 Å². The van der Waals surface area contributed by atoms with Crippen molar-refractivity contribution in [2.24, 2.45) is 0 Å². The third-order valence-electron chi connectivity index (χ3n) is 3.75. The second-order valence-electron chi connectivity index (χ2n) is 5.33. The summed E-state index contributed by atoms with van der Waals surface area (Å²) in [6, 6.07) is 3.62. The zero-order valence-electron chi connectivity index (χ0n) is 11.9. The van der Waals surface area contributed by atoms with E-state index in [1.54, 1.807) is 19.2 Å². The van der Waals surface area contributed by atoms with Crippen molar-refractivity contribution in [1.82, 2.24) is 10.3 Å². The summed E-state index contributed by atoms with van der Waals surface area (Å²) >= 11 is 5.93. The van der Waals surface area contributed by atoms with E-state index in [1.165, 1.54) is 32.1 Å². The zero-order chi connectivity index (χ0) is 14.4. The summed E-state index contributed by atoms with van der Waals surface area (Å²) in [6.07, 6.45) is 8.42. The number of pyridine rings is 1. The Kier molecular flexibility index (Phi) is 5.65. The van der Waals surface area contributed by atoms with E-state index in [2.05, 4.69) is 15.6 Å². The first-order chi connectivity index (χ1) is 9.69. The van der Waals surface area contributed by atoms with Gasteiger partial charge >= 0.3 is 0 Å². The molecule has 0 radical (unpaired) electrons. The highest BCUT2D eigenvalue weighted by Gasteiger charge is 2.16. The monoisotopic (exact) mass is 295 g/mol. The fraction of sp³-hybridized carbons (Fsp3) is 0.600. The number of nitrogens with zero attached hydrogens (tertiary/aromatic N) is 1. The molecule has 1 aliphatic rings. The van der Waals surface area contributed by atoms with Crippen molar-refractivity contribution < 1.29 is 4.79 Å². The number of halogens is 1. The molecule has 1 saturated carbocycles. The summed E-state index contributed by atoms with van der Waals surface area (Å²) in [6.45, 7) is 0. The largest absolute Gasteiger partial charge is 0.373 e. The minimum absolute atomic E-state index is 0.0589. The molecule has 2 rings (SSSR count). The van der Waals surface area contributed by atoms with Gasteiger partial charge in [-0.05, 0) is 25.0 Å². The smallest absolute Gasteiger partial charge is 0.251 e. The molecule has 4 nitrogen and oxygen atoms in total. The number of amides is 1. The third-order valence-corrected chi connectivity index (χ3v) is 3.95. The first kappa shape index (κ1) is 15.1. The van der Waals surface area contributed by atoms with E-state index in [0.717, 1.165) is 12.8 Å². The summed E-state index contributed by atoms with van der Waals surface area (Å²) in [4.78, 5) is 16.4. The number of anilines is 1. The van der Waals surface area contributed by atoms with Crippen molar-refractivity contribution in [2.45, 2.75) is 51.0 Å². The van der Waals surface area contributed by atoms with Crippen molar-refractivity contribution in [1.29, 1.82) is 0 Å². The number of hydrogen-bond donors (Lipinski definition) is 2. The van der Waals surface area contributed by atoms with Crippen LogP contribution in [0.15, 0.2) is 12.1 Å². The highest BCUT2D eigenvalue weighted by Crippen LogP contribution is 2.18. The Labute approximate surface area is 125 Å². The number of aromatic nitrogens is 1. The normalized spacial score (nSPS) is 17.1. The molecular formula is C15H22ClN3O. The SMILES string of the molecule is CNc1cc(C(=O)NC2CCCCCCC2)cc(Cl)n1. The summed E-state index contributed by atoms with van der Waals surface area (Å²) < 4.78 is 0. The van der Waals surface area contributed by atoms with Gasteiger partial charge in [0.05, 0.1) is 0 Å². The maximum atomic E-state index is 12.3. The van der Waals surface area contributed by atoms with Gasteiger partial charge < -0.3 is 10.6 Å². The van der Waals surface area contributed by atoms with Crippen LogP contribution in [0.25, 0.3) is 0 Å². The van der Waals surface area contributed by atoms with Gasteiger partial charge in [-0.15, -0.1) is 0 Å². The zero-order valence-corrected chi connectivity index (χ0v) is 12.7. The lowest BCUT2D eigenvalue weighted by Crippen LogP contribution is -2.35. The van der Waals surface area contributed by atoms with Crippen LogP contribution in [0.5, 0.6) is 0 Å². The molecule has 1 amide bonds. The van der Waals surface area contributed by atoms with Crippen LogP contribution in [-0.2, 0) is 0 Å². The molecule has 0 unspecified atom stereocenters. The van der Waals surface area contributed by atoms with Gasteiger partial charge in [-0.25, -0.2) is 4.98 Å². The Hall–Kier alpha value is -1.29. The number of carbonyl (C=O) groups is 1. The molecule has 0 saturated heterocycles. The molecular weight excluding hydrogens is 274 g/mol. The van der Waals surface area contributed by atoms with Crippen molar-refractivity contribution in [3.8, 4) is 0 Å². The Bertz CT molecular complexity index is 456. The van der Waals surface area contributed by atoms with E-state index < -0.39 is 0 Å². The predicted octanol–water partition coefficient (Wildman–Crippen LogP) is 3.62. The van der Waals surface area contributed by atoms with Crippen molar-refractivity contribution in [3.05, 3.63) is 22.8 Å². The molecule has 1 aliphatic carbocycles. The van der Waals surface area contributed by atoms with Crippen LogP contribution in [0.2, 0.25) is 5.15 Å². The lowest BCUT2D eigenvalue weighted by molar-refractivity contribution is 0.0930. The van der Waals surface area contributed by atoms with Crippen molar-refractivity contribution in [3.63, 3.8) is 0 Å². The number of nitrogens with one attached hydrogen (secondary N) is 2. The van der Waals surface area contributed by atoms with Gasteiger partial charge in [0.25, 0.3) is 5.91 Å². The Balaban J connectivity index is 2.01. The summed E-state index contributed by atoms with van der Waals surface area (Å²) in [5.41, 5.74) is 0.566. The molecule has 5 heteroatoms. The summed E-state index contributed by atoms with van der Waals surface area (Å²) in [5.74, 6) is 0.552. The van der Waals surface area contributed by atoms with Crippen molar-refractivity contribution >= 4 is 23.3 Å². The van der Waals surface area contributed by atoms with Gasteiger partial charge in [0.2, 0.25) is 0 Å². The average molecular weight is 296 g/mol. The quantitative estimate of drug-likeness (QED) is 0.838. The maximum absolute atomic E-state index is 12.3. The molecule has 1 fully saturated rings. The van der Waals surface area contributed by atoms with Gasteiger partial charge in [0.15, 0.2) is 0 Å². The highest BCUT2D eigenvalue weighted by atomic mass is 35.5. The van der Waals surface area contributed by atoms with E-state index in [9.17, 15) is 4.79 Å². The Morgan fingerprint density at radius 2 is 1.85 bits per heavy atom. The molecule has 20 heavy (non-hydrogen) atoms. The van der Waals surface area contributed by atoms with Gasteiger partial charge in [-0.2, -0.15) is 0 Å². The maximum Gasteiger partial charge on any atom is 0.251 e. The topological polar surface area (TPSA) is 54.0 Å². The molecule has 1 heterocycles. The molecule has 0 bridgehead atoms. The molecule has 2 N–H and O–H groups in total. The van der Waals surface area contributed by atoms with Crippen LogP contribution >= 0.6 is 11.6 Å². The van der Waals surface area contributed by atoms with E-state index in [1.807, 2.05) is 0 Å². The van der Waals surface area contributed by atoms with E-state index >= 15 is 0 Å².